The fraction of sp³-hybridized carbons (Fsp3) is 0.500. The molecule has 0 spiro atoms. The Morgan fingerprint density at radius 2 is 1.83 bits per heavy atom. The molecule has 1 aliphatic heterocycles. The van der Waals surface area contributed by atoms with Crippen molar-refractivity contribution in [2.75, 3.05) is 19.6 Å². The van der Waals surface area contributed by atoms with Crippen molar-refractivity contribution in [3.8, 4) is 0 Å². The molecular weight excluding hydrogens is 332 g/mol. The lowest BCUT2D eigenvalue weighted by atomic mass is 10.0. The van der Waals surface area contributed by atoms with Gasteiger partial charge in [0, 0.05) is 35.5 Å². The Hall–Kier alpha value is -0.680. The molecule has 24 heavy (non-hydrogen) atoms. The van der Waals surface area contributed by atoms with Crippen molar-refractivity contribution >= 4 is 23.9 Å². The van der Waals surface area contributed by atoms with Crippen molar-refractivity contribution in [2.45, 2.75) is 44.6 Å². The first-order valence-electron chi connectivity index (χ1n) is 8.93. The SMILES string of the molecule is Cc1ccc(SN2CCCN(SC3=CCC(C)C=C3)C[C@@H]2C)cc1. The summed E-state index contributed by atoms with van der Waals surface area (Å²) in [6.07, 6.45) is 9.43. The number of aryl methyl sites for hydroxylation is 1. The number of rotatable bonds is 4. The van der Waals surface area contributed by atoms with Gasteiger partial charge in [0.05, 0.1) is 0 Å². The molecule has 1 fully saturated rings. The molecule has 0 N–H and O–H groups in total. The highest BCUT2D eigenvalue weighted by atomic mass is 32.2. The topological polar surface area (TPSA) is 6.48 Å². The maximum absolute atomic E-state index is 2.55. The summed E-state index contributed by atoms with van der Waals surface area (Å²) < 4.78 is 5.10. The Kier molecular flexibility index (Phi) is 6.50. The number of hydrogen-bond acceptors (Lipinski definition) is 4. The van der Waals surface area contributed by atoms with Crippen LogP contribution in [0.5, 0.6) is 0 Å². The van der Waals surface area contributed by atoms with Crippen LogP contribution in [0.25, 0.3) is 0 Å². The van der Waals surface area contributed by atoms with E-state index >= 15 is 0 Å². The predicted octanol–water partition coefficient (Wildman–Crippen LogP) is 5.53. The van der Waals surface area contributed by atoms with Crippen LogP contribution in [0.3, 0.4) is 0 Å². The first-order chi connectivity index (χ1) is 11.6. The lowest BCUT2D eigenvalue weighted by Gasteiger charge is -2.27. The smallest absolute Gasteiger partial charge is 0.0314 e. The molecule has 0 amide bonds. The molecule has 2 atom stereocenters. The Morgan fingerprint density at radius 1 is 1.04 bits per heavy atom. The normalized spacial score (nSPS) is 26.2. The van der Waals surface area contributed by atoms with Gasteiger partial charge in [0.1, 0.15) is 0 Å². The second-order valence-corrected chi connectivity index (χ2v) is 9.20. The van der Waals surface area contributed by atoms with Crippen LogP contribution in [-0.4, -0.2) is 34.3 Å². The first-order valence-corrected chi connectivity index (χ1v) is 10.5. The van der Waals surface area contributed by atoms with E-state index in [0.29, 0.717) is 12.0 Å². The zero-order valence-corrected chi connectivity index (χ0v) is 16.6. The first kappa shape index (κ1) is 18.1. The molecule has 2 aliphatic rings. The van der Waals surface area contributed by atoms with Crippen molar-refractivity contribution < 1.29 is 0 Å². The maximum atomic E-state index is 2.55. The van der Waals surface area contributed by atoms with Crippen molar-refractivity contribution in [2.24, 2.45) is 5.92 Å². The van der Waals surface area contributed by atoms with E-state index in [1.165, 1.54) is 34.8 Å². The Morgan fingerprint density at radius 3 is 2.54 bits per heavy atom. The van der Waals surface area contributed by atoms with E-state index in [4.69, 9.17) is 0 Å². The van der Waals surface area contributed by atoms with Gasteiger partial charge >= 0.3 is 0 Å². The summed E-state index contributed by atoms with van der Waals surface area (Å²) >= 11 is 3.85. The second-order valence-electron chi connectivity index (χ2n) is 6.91. The van der Waals surface area contributed by atoms with E-state index in [9.17, 15) is 0 Å². The molecule has 4 heteroatoms. The van der Waals surface area contributed by atoms with Gasteiger partial charge in [-0.2, -0.15) is 0 Å². The fourth-order valence-corrected chi connectivity index (χ4v) is 5.09. The van der Waals surface area contributed by atoms with E-state index in [1.807, 2.05) is 23.9 Å². The molecule has 3 rings (SSSR count). The van der Waals surface area contributed by atoms with Gasteiger partial charge < -0.3 is 0 Å². The molecule has 1 aliphatic carbocycles. The average molecular weight is 361 g/mol. The number of benzene rings is 1. The molecule has 0 radical (unpaired) electrons. The van der Waals surface area contributed by atoms with Crippen molar-refractivity contribution in [3.05, 3.63) is 53.0 Å². The number of nitrogens with zero attached hydrogens (tertiary/aromatic N) is 2. The lowest BCUT2D eigenvalue weighted by molar-refractivity contribution is 0.367. The van der Waals surface area contributed by atoms with Gasteiger partial charge in [-0.15, -0.1) is 0 Å². The zero-order valence-electron chi connectivity index (χ0n) is 14.9. The third-order valence-corrected chi connectivity index (χ3v) is 6.87. The molecule has 0 saturated carbocycles. The third kappa shape index (κ3) is 5.16. The van der Waals surface area contributed by atoms with Crippen LogP contribution in [0.1, 0.15) is 32.3 Å². The van der Waals surface area contributed by atoms with Crippen molar-refractivity contribution in [3.63, 3.8) is 0 Å². The van der Waals surface area contributed by atoms with Gasteiger partial charge in [-0.1, -0.05) is 42.8 Å². The Labute approximate surface area is 155 Å². The van der Waals surface area contributed by atoms with Gasteiger partial charge in [0.2, 0.25) is 0 Å². The second kappa shape index (κ2) is 8.61. The minimum atomic E-state index is 0.554. The Balaban J connectivity index is 1.56. The molecule has 1 aromatic rings. The minimum Gasteiger partial charge on any atom is -0.245 e. The Bertz CT molecular complexity index is 594. The molecule has 130 valence electrons. The van der Waals surface area contributed by atoms with E-state index < -0.39 is 0 Å². The molecule has 2 nitrogen and oxygen atoms in total. The molecule has 1 unspecified atom stereocenters. The predicted molar refractivity (Wildman–Crippen MR) is 108 cm³/mol. The highest BCUT2D eigenvalue weighted by Gasteiger charge is 2.23. The fourth-order valence-electron chi connectivity index (χ4n) is 2.98. The molecule has 1 heterocycles. The van der Waals surface area contributed by atoms with Crippen molar-refractivity contribution in [1.82, 2.24) is 8.61 Å². The van der Waals surface area contributed by atoms with Gasteiger partial charge in [0.25, 0.3) is 0 Å². The van der Waals surface area contributed by atoms with Crippen LogP contribution in [0.4, 0.5) is 0 Å². The zero-order chi connectivity index (χ0) is 16.9. The van der Waals surface area contributed by atoms with Crippen LogP contribution in [0.2, 0.25) is 0 Å². The minimum absolute atomic E-state index is 0.554. The van der Waals surface area contributed by atoms with E-state index in [1.54, 1.807) is 0 Å². The summed E-state index contributed by atoms with van der Waals surface area (Å²) in [4.78, 5) is 2.76. The molecule has 1 saturated heterocycles. The molecular formula is C20H28N2S2. The van der Waals surface area contributed by atoms with Crippen molar-refractivity contribution in [1.29, 1.82) is 0 Å². The van der Waals surface area contributed by atoms with Crippen LogP contribution in [0.15, 0.2) is 52.3 Å². The summed E-state index contributed by atoms with van der Waals surface area (Å²) in [6, 6.07) is 9.44. The van der Waals surface area contributed by atoms with Crippen LogP contribution >= 0.6 is 23.9 Å². The van der Waals surface area contributed by atoms with Gasteiger partial charge in [-0.3, -0.25) is 0 Å². The van der Waals surface area contributed by atoms with Gasteiger partial charge in [0.15, 0.2) is 0 Å². The third-order valence-electron chi connectivity index (χ3n) is 4.50. The maximum Gasteiger partial charge on any atom is 0.0314 e. The average Bonchev–Trinajstić information content (AvgIpc) is 2.73. The van der Waals surface area contributed by atoms with E-state index in [0.717, 1.165) is 13.1 Å². The largest absolute Gasteiger partial charge is 0.245 e. The summed E-state index contributed by atoms with van der Waals surface area (Å²) in [5.41, 5.74) is 1.33. The quantitative estimate of drug-likeness (QED) is 0.651. The van der Waals surface area contributed by atoms with Gasteiger partial charge in [-0.05, 0) is 68.6 Å². The van der Waals surface area contributed by atoms with E-state index in [2.05, 4.69) is 71.9 Å². The number of allylic oxidation sites excluding steroid dienone is 3. The summed E-state index contributed by atoms with van der Waals surface area (Å²) in [5, 5.41) is 0. The molecule has 0 aromatic heterocycles. The number of hydrogen-bond donors (Lipinski definition) is 0. The monoisotopic (exact) mass is 360 g/mol. The van der Waals surface area contributed by atoms with Crippen LogP contribution < -0.4 is 0 Å². The van der Waals surface area contributed by atoms with E-state index in [-0.39, 0.29) is 0 Å². The standard InChI is InChI=1S/C20H28N2S2/c1-16-5-9-19(10-6-16)23-21-13-4-14-22(18(3)15-21)24-20-11-7-17(2)8-12-20/h5,7-12,16,18H,4,6,13-15H2,1-3H3/t16?,18-/m0/s1. The lowest BCUT2D eigenvalue weighted by Crippen LogP contribution is -2.32. The summed E-state index contributed by atoms with van der Waals surface area (Å²) in [5.74, 6) is 0.693. The highest BCUT2D eigenvalue weighted by molar-refractivity contribution is 8.01. The molecule has 0 bridgehead atoms. The highest BCUT2D eigenvalue weighted by Crippen LogP contribution is 2.32. The van der Waals surface area contributed by atoms with Gasteiger partial charge in [-0.25, -0.2) is 8.61 Å². The summed E-state index contributed by atoms with van der Waals surface area (Å²) in [7, 11) is 0. The summed E-state index contributed by atoms with van der Waals surface area (Å²) in [6.45, 7) is 10.2. The molecule has 1 aromatic carbocycles. The van der Waals surface area contributed by atoms with Crippen LogP contribution in [0, 0.1) is 12.8 Å². The van der Waals surface area contributed by atoms with Crippen LogP contribution in [-0.2, 0) is 0 Å².